The summed E-state index contributed by atoms with van der Waals surface area (Å²) in [5.74, 6) is -12.0. The Labute approximate surface area is 775 Å². The van der Waals surface area contributed by atoms with E-state index in [1.165, 1.54) is 145 Å². The topological polar surface area (TPSA) is 507 Å². The first-order valence-electron chi connectivity index (χ1n) is 40.3. The molecular formula is C98H69Cl4F3N12O18. The number of carbonyl (C=O) groups excluding carboxylic acids is 12. The fourth-order valence-electron chi connectivity index (χ4n) is 14.4. The molecule has 6 aromatic carbocycles. The van der Waals surface area contributed by atoms with Crippen molar-refractivity contribution in [3.63, 3.8) is 0 Å². The summed E-state index contributed by atoms with van der Waals surface area (Å²) >= 11 is 26.9. The highest BCUT2D eigenvalue weighted by Gasteiger charge is 2.38. The molecule has 135 heavy (non-hydrogen) atoms. The van der Waals surface area contributed by atoms with Crippen LogP contribution >= 0.6 is 46.4 Å². The van der Waals surface area contributed by atoms with E-state index in [9.17, 15) is 86.3 Å². The Morgan fingerprint density at radius 2 is 0.459 bits per heavy atom. The van der Waals surface area contributed by atoms with Crippen LogP contribution in [0.2, 0.25) is 20.1 Å². The number of allylic oxidation sites excluding steroid dienone is 12. The summed E-state index contributed by atoms with van der Waals surface area (Å²) < 4.78 is 45.2. The predicted octanol–water partition coefficient (Wildman–Crippen LogP) is 17.5. The van der Waals surface area contributed by atoms with E-state index in [0.29, 0.717) is 28.9 Å². The minimum absolute atomic E-state index is 0.0121. The normalized spacial score (nSPS) is 15.4. The van der Waals surface area contributed by atoms with Crippen LogP contribution in [0, 0.1) is 6.92 Å². The molecule has 30 nitrogen and oxygen atoms in total. The lowest BCUT2D eigenvalue weighted by Crippen LogP contribution is -2.32. The predicted molar refractivity (Wildman–Crippen MR) is 505 cm³/mol. The van der Waals surface area contributed by atoms with E-state index in [1.807, 2.05) is 0 Å². The number of nitrogen functional groups attached to an aromatic ring is 1. The van der Waals surface area contributed by atoms with Crippen LogP contribution in [0.3, 0.4) is 0 Å². The number of hydrogen-bond acceptors (Lipinski definition) is 19. The van der Waals surface area contributed by atoms with Gasteiger partial charge in [-0.2, -0.15) is 13.2 Å². The Hall–Kier alpha value is -16.8. The summed E-state index contributed by atoms with van der Waals surface area (Å²) in [6.45, 7) is 9.86. The second-order valence-corrected chi connectivity index (χ2v) is 31.3. The molecular weight excluding hydrogens is 1830 g/mol. The number of benzene rings is 6. The minimum Gasteiger partial charge on any atom is -0.398 e. The number of alkyl halides is 3. The number of Topliss-reactive ketones (excluding diaryl/α,β-unsaturated/α-hetero) is 12. The molecule has 6 aliphatic rings. The number of halogens is 7. The third-order valence-corrected chi connectivity index (χ3v) is 22.9. The molecule has 0 fully saturated rings. The second kappa shape index (κ2) is 39.5. The zero-order valence-electron chi connectivity index (χ0n) is 71.3. The number of aryl methyl sites for hydroxylation is 1. The Morgan fingerprint density at radius 1 is 0.252 bits per heavy atom. The summed E-state index contributed by atoms with van der Waals surface area (Å²) in [7, 11) is 0. The zero-order valence-corrected chi connectivity index (χ0v) is 74.3. The molecule has 0 unspecified atom stereocenters. The smallest absolute Gasteiger partial charge is 0.398 e. The van der Waals surface area contributed by atoms with Gasteiger partial charge in [-0.15, -0.1) is 0 Å². The van der Waals surface area contributed by atoms with Crippen LogP contribution < -0.4 is 38.3 Å². The molecule has 13 N–H and O–H groups in total. The molecule has 16 aromatic rings. The standard InChI is InChI=1S/C98H69Cl4F3N12O18/c1-8-50-80(118)56-33-108-46-18-20-47(21-19-46)109-34-57-81(119)51(9-2)84(122)60(92(57)130)36-111-49-23-25-73(67(27-49)98(103,104)105)113-38-62-86(124)54(12-5)89(127)65(95(62)133)41-116-76-30-71(102)77(31-70(76)101)117-42-66-90(128)55(13-6)96(134)78(97(66)135)79(106)44-14-16-45(17-15-44)107-32-58-82(120)52(10-3)87(125)63(93(58)131)39-114-74-28-69(100)75(29-68(74)99)115-40-64-88(126)53(11-4)85(123)61(94(64)132)37-112-72-24-22-48(26-43(72)7)110-35-59(83(50)121)91(56)129/h8-42,107-117H,106H2,1-7H3/b50-8-,51-9+,52-10+,53-11-,54-12+,55-13+,56-33?,57-34?,58-32?,59-35?,60-36?,61-37?,62-38?,63-39?,64-40?,65-41?,66-42?,79-78?. The lowest BCUT2D eigenvalue weighted by molar-refractivity contribution is -0.136. The molecule has 6 aliphatic carbocycles. The molecule has 0 spiro atoms. The van der Waals surface area contributed by atoms with Gasteiger partial charge in [-0.3, -0.25) is 86.3 Å². The van der Waals surface area contributed by atoms with Crippen LogP contribution in [-0.4, -0.2) is 124 Å². The SMILES string of the molecule is C/C=C1/C(=O)c2c[nH]c3ccc(cc3)[nH]cc3c(=O)c(c[nH]c4ccc([nH]cc5c(=O)c(c[nH]c6cc(Cl)c(cc6Cl)[nH]cc6c(=O)c(c(N)c7ccc(cc7)[nH]cc7c(=O)c(c[nH]c8cc(Cl)c(cc8Cl)[nH]cc8c(=O)c(c[nH]c9ccc(cc9C)[nH]cc(c2=O)C1=O)C(=O)/C(=C/C)C8=O)C(=O)/C(=C/C)C7=O)C(=O)/C(=C/C)C6=O)C(=O)/C(=C/C)C5=O)c(C(F)(F)F)c4)C(=O)/C(=C/C)C3=O. The Kier molecular flexibility index (Phi) is 28.0. The van der Waals surface area contributed by atoms with Crippen LogP contribution in [0.4, 0.5) is 18.9 Å². The van der Waals surface area contributed by atoms with Gasteiger partial charge in [0, 0.05) is 101 Å². The average Bonchev–Trinajstić information content (AvgIpc) is 0.696. The average molecular weight is 1900 g/mol. The number of rotatable bonds is 0. The van der Waals surface area contributed by atoms with Crippen molar-refractivity contribution >= 4 is 188 Å². The van der Waals surface area contributed by atoms with Crippen molar-refractivity contribution in [2.24, 2.45) is 0 Å². The number of nitrogens with two attached hydrogens (primary N) is 1. The number of hydrogen-bond donors (Lipinski definition) is 12. The van der Waals surface area contributed by atoms with Crippen molar-refractivity contribution in [3.8, 4) is 0 Å². The lowest BCUT2D eigenvalue weighted by Gasteiger charge is -2.12. The van der Waals surface area contributed by atoms with Crippen LogP contribution in [0.1, 0.15) is 177 Å². The quantitative estimate of drug-likeness (QED) is 0.0495. The van der Waals surface area contributed by atoms with Gasteiger partial charge in [-0.25, -0.2) is 0 Å². The van der Waals surface area contributed by atoms with Gasteiger partial charge >= 0.3 is 6.18 Å². The van der Waals surface area contributed by atoms with E-state index in [4.69, 9.17) is 52.1 Å². The maximum atomic E-state index is 15.1. The number of anilines is 1. The number of aromatic nitrogens is 11. The van der Waals surface area contributed by atoms with E-state index in [0.717, 1.165) is 92.3 Å². The van der Waals surface area contributed by atoms with E-state index in [1.54, 1.807) is 13.0 Å². The van der Waals surface area contributed by atoms with Gasteiger partial charge < -0.3 is 60.6 Å². The first-order chi connectivity index (χ1) is 64.3. The molecule has 10 heterocycles. The molecule has 0 atom stereocenters. The summed E-state index contributed by atoms with van der Waals surface area (Å²) in [6, 6.07) is 23.3. The second-order valence-electron chi connectivity index (χ2n) is 29.7. The highest BCUT2D eigenvalue weighted by atomic mass is 35.5. The molecule has 22 rings (SSSR count). The number of aromatic amines is 11. The van der Waals surface area contributed by atoms with Gasteiger partial charge in [0.1, 0.15) is 0 Å². The maximum absolute atomic E-state index is 15.1. The van der Waals surface area contributed by atoms with Crippen molar-refractivity contribution in [2.75, 3.05) is 5.73 Å². The minimum atomic E-state index is -5.19. The van der Waals surface area contributed by atoms with Crippen LogP contribution in [-0.2, 0) is 6.18 Å². The molecule has 0 aliphatic heterocycles. The molecule has 0 saturated carbocycles. The van der Waals surface area contributed by atoms with Gasteiger partial charge in [-0.05, 0) is 156 Å². The Morgan fingerprint density at radius 3 is 0.719 bits per heavy atom. The van der Waals surface area contributed by atoms with E-state index in [2.05, 4.69) is 54.8 Å². The van der Waals surface area contributed by atoms with Gasteiger partial charge in [0.05, 0.1) is 159 Å². The first kappa shape index (κ1) is 95.8. The maximum Gasteiger partial charge on any atom is 0.418 e. The Bertz CT molecular complexity index is 8350. The number of carbonyl (C=O) groups is 12. The van der Waals surface area contributed by atoms with Gasteiger partial charge in [0.2, 0.25) is 102 Å². The summed E-state index contributed by atoms with van der Waals surface area (Å²) in [5, 5.41) is -0.519. The van der Waals surface area contributed by atoms with Crippen LogP contribution in [0.5, 0.6) is 0 Å². The highest BCUT2D eigenvalue weighted by Crippen LogP contribution is 2.34. The molecule has 0 saturated heterocycles. The van der Waals surface area contributed by atoms with Crippen molar-refractivity contribution in [2.45, 2.75) is 54.6 Å². The monoisotopic (exact) mass is 1900 g/mol. The number of ketones is 12. The van der Waals surface area contributed by atoms with E-state index in [-0.39, 0.29) is 80.8 Å². The van der Waals surface area contributed by atoms with E-state index >= 15 is 13.2 Å². The molecule has 0 amide bonds. The lowest BCUT2D eigenvalue weighted by atomic mass is 9.89. The first-order valence-corrected chi connectivity index (χ1v) is 41.8. The Balaban J connectivity index is 0.966. The third kappa shape index (κ3) is 19.0. The van der Waals surface area contributed by atoms with Crippen molar-refractivity contribution < 1.29 is 70.7 Å². The van der Waals surface area contributed by atoms with Crippen LogP contribution in [0.25, 0.3) is 66.1 Å². The van der Waals surface area contributed by atoms with Gasteiger partial charge in [-0.1, -0.05) is 95.0 Å². The molecule has 24 bridgehead atoms. The van der Waals surface area contributed by atoms with Gasteiger partial charge in [0.25, 0.3) is 0 Å². The summed E-state index contributed by atoms with van der Waals surface area (Å²) in [6.07, 6.45) is 12.4. The largest absolute Gasteiger partial charge is 0.418 e. The molecule has 37 heteroatoms. The summed E-state index contributed by atoms with van der Waals surface area (Å²) in [4.78, 5) is 281. The zero-order chi connectivity index (χ0) is 97.8. The van der Waals surface area contributed by atoms with Crippen molar-refractivity contribution in [1.29, 1.82) is 0 Å². The third-order valence-electron chi connectivity index (χ3n) is 21.7. The van der Waals surface area contributed by atoms with Crippen LogP contribution in [0.15, 0.2) is 276 Å². The fraction of sp³-hybridized carbons (Fsp3) is 0.0816. The van der Waals surface area contributed by atoms with Crippen molar-refractivity contribution in [3.05, 3.63) is 407 Å². The molecule has 678 valence electrons. The number of H-pyrrole nitrogens is 11. The molecule has 10 aromatic heterocycles. The van der Waals surface area contributed by atoms with Crippen molar-refractivity contribution in [1.82, 2.24) is 54.8 Å². The fourth-order valence-corrected chi connectivity index (χ4v) is 15.3. The number of nitrogens with one attached hydrogen (secondary N) is 11. The summed E-state index contributed by atoms with van der Waals surface area (Å²) in [5.41, 5.74) is -10.8. The highest BCUT2D eigenvalue weighted by molar-refractivity contribution is 6.41. The molecule has 0 radical (unpaired) electrons. The van der Waals surface area contributed by atoms with E-state index < -0.39 is 214 Å². The van der Waals surface area contributed by atoms with Gasteiger partial charge in [0.15, 0.2) is 0 Å².